The maximum atomic E-state index is 5.39. The lowest BCUT2D eigenvalue weighted by Gasteiger charge is -2.17. The Kier molecular flexibility index (Phi) is 5.00. The first-order valence-corrected chi connectivity index (χ1v) is 7.10. The van der Waals surface area contributed by atoms with Crippen molar-refractivity contribution in [3.63, 3.8) is 0 Å². The van der Waals surface area contributed by atoms with Crippen LogP contribution >= 0.6 is 15.9 Å². The summed E-state index contributed by atoms with van der Waals surface area (Å²) in [4.78, 5) is 0. The van der Waals surface area contributed by atoms with Gasteiger partial charge in [-0.3, -0.25) is 0 Å². The van der Waals surface area contributed by atoms with Crippen molar-refractivity contribution >= 4 is 15.9 Å². The van der Waals surface area contributed by atoms with E-state index in [0.717, 1.165) is 16.8 Å². The Morgan fingerprint density at radius 2 is 1.95 bits per heavy atom. The Morgan fingerprint density at radius 3 is 2.68 bits per heavy atom. The molecule has 0 heterocycles. The van der Waals surface area contributed by atoms with Crippen molar-refractivity contribution in [2.24, 2.45) is 0 Å². The molecule has 0 bridgehead atoms. The van der Waals surface area contributed by atoms with E-state index in [0.29, 0.717) is 0 Å². The molecular formula is C16H18BrNO. The summed E-state index contributed by atoms with van der Waals surface area (Å²) in [7, 11) is 1.71. The van der Waals surface area contributed by atoms with E-state index in [1.54, 1.807) is 7.11 Å². The van der Waals surface area contributed by atoms with Crippen LogP contribution in [0.1, 0.15) is 24.1 Å². The number of methoxy groups -OCH3 is 1. The van der Waals surface area contributed by atoms with Crippen molar-refractivity contribution in [1.29, 1.82) is 0 Å². The number of ether oxygens (including phenoxy) is 1. The summed E-state index contributed by atoms with van der Waals surface area (Å²) in [6.07, 6.45) is 0. The summed E-state index contributed by atoms with van der Waals surface area (Å²) in [5.74, 6) is 0.928. The fourth-order valence-corrected chi connectivity index (χ4v) is 2.50. The third-order valence-corrected chi connectivity index (χ3v) is 3.60. The highest BCUT2D eigenvalue weighted by atomic mass is 79.9. The van der Waals surface area contributed by atoms with E-state index in [1.165, 1.54) is 11.1 Å². The summed E-state index contributed by atoms with van der Waals surface area (Å²) in [5, 5.41) is 3.52. The lowest BCUT2D eigenvalue weighted by Crippen LogP contribution is -2.18. The van der Waals surface area contributed by atoms with Gasteiger partial charge >= 0.3 is 0 Å². The van der Waals surface area contributed by atoms with Crippen molar-refractivity contribution in [2.45, 2.75) is 19.5 Å². The van der Waals surface area contributed by atoms with Crippen LogP contribution in [0.4, 0.5) is 0 Å². The maximum Gasteiger partial charge on any atom is 0.123 e. The summed E-state index contributed by atoms with van der Waals surface area (Å²) < 4.78 is 6.50. The van der Waals surface area contributed by atoms with E-state index in [-0.39, 0.29) is 6.04 Å². The molecule has 2 nitrogen and oxygen atoms in total. The first-order valence-electron chi connectivity index (χ1n) is 6.31. The molecule has 1 atom stereocenters. The van der Waals surface area contributed by atoms with Gasteiger partial charge in [0, 0.05) is 22.6 Å². The van der Waals surface area contributed by atoms with Crippen molar-refractivity contribution < 1.29 is 4.74 Å². The molecule has 0 fully saturated rings. The second-order valence-electron chi connectivity index (χ2n) is 4.47. The minimum absolute atomic E-state index is 0.245. The van der Waals surface area contributed by atoms with Gasteiger partial charge < -0.3 is 10.1 Å². The Hall–Kier alpha value is -1.32. The fourth-order valence-electron chi connectivity index (χ4n) is 2.05. The van der Waals surface area contributed by atoms with Gasteiger partial charge in [0.2, 0.25) is 0 Å². The number of hydrogen-bond donors (Lipinski definition) is 1. The third kappa shape index (κ3) is 3.82. The molecule has 0 aliphatic heterocycles. The molecule has 0 aliphatic carbocycles. The molecule has 0 spiro atoms. The summed E-state index contributed by atoms with van der Waals surface area (Å²) >= 11 is 3.49. The molecule has 19 heavy (non-hydrogen) atoms. The smallest absolute Gasteiger partial charge is 0.123 e. The molecule has 0 saturated carbocycles. The number of hydrogen-bond acceptors (Lipinski definition) is 2. The number of rotatable bonds is 5. The maximum absolute atomic E-state index is 5.39. The quantitative estimate of drug-likeness (QED) is 0.886. The van der Waals surface area contributed by atoms with Crippen molar-refractivity contribution in [1.82, 2.24) is 5.32 Å². The van der Waals surface area contributed by atoms with E-state index in [1.807, 2.05) is 24.3 Å². The van der Waals surface area contributed by atoms with Gasteiger partial charge in [0.15, 0.2) is 0 Å². The molecule has 2 aromatic rings. The van der Waals surface area contributed by atoms with Crippen LogP contribution in [0.15, 0.2) is 53.0 Å². The van der Waals surface area contributed by atoms with Gasteiger partial charge in [0.1, 0.15) is 5.75 Å². The van der Waals surface area contributed by atoms with E-state index in [9.17, 15) is 0 Å². The number of halogens is 1. The van der Waals surface area contributed by atoms with E-state index in [4.69, 9.17) is 4.74 Å². The molecule has 0 aliphatic rings. The van der Waals surface area contributed by atoms with Crippen LogP contribution in [0.25, 0.3) is 0 Å². The molecule has 1 N–H and O–H groups in total. The topological polar surface area (TPSA) is 21.3 Å². The molecule has 3 heteroatoms. The zero-order valence-corrected chi connectivity index (χ0v) is 12.8. The normalized spacial score (nSPS) is 12.2. The average Bonchev–Trinajstić information content (AvgIpc) is 2.45. The molecule has 0 unspecified atom stereocenters. The van der Waals surface area contributed by atoms with Crippen molar-refractivity contribution in [2.75, 3.05) is 7.11 Å². The van der Waals surface area contributed by atoms with Crippen LogP contribution in [0.5, 0.6) is 5.75 Å². The van der Waals surface area contributed by atoms with Crippen molar-refractivity contribution in [3.05, 3.63) is 64.1 Å². The predicted octanol–water partition coefficient (Wildman–Crippen LogP) is 4.31. The first kappa shape index (κ1) is 14.1. The minimum Gasteiger partial charge on any atom is -0.496 e. The largest absolute Gasteiger partial charge is 0.496 e. The van der Waals surface area contributed by atoms with Crippen LogP contribution in [-0.4, -0.2) is 7.11 Å². The molecule has 2 aromatic carbocycles. The lowest BCUT2D eigenvalue weighted by atomic mass is 10.1. The zero-order chi connectivity index (χ0) is 13.7. The number of para-hydroxylation sites is 1. The average molecular weight is 320 g/mol. The zero-order valence-electron chi connectivity index (χ0n) is 11.2. The van der Waals surface area contributed by atoms with E-state index in [2.05, 4.69) is 52.4 Å². The molecule has 0 aromatic heterocycles. The standard InChI is InChI=1S/C16H18BrNO/c1-12(15-8-3-4-9-16(15)19-2)18-11-13-6-5-7-14(17)10-13/h3-10,12,18H,11H2,1-2H3/t12-/m1/s1. The number of nitrogens with one attached hydrogen (secondary N) is 1. The van der Waals surface area contributed by atoms with Gasteiger partial charge in [0.25, 0.3) is 0 Å². The Balaban J connectivity index is 2.03. The second-order valence-corrected chi connectivity index (χ2v) is 5.39. The van der Waals surface area contributed by atoms with Crippen LogP contribution in [0.3, 0.4) is 0 Å². The summed E-state index contributed by atoms with van der Waals surface area (Å²) in [6, 6.07) is 16.7. The molecule has 0 saturated heterocycles. The van der Waals surface area contributed by atoms with E-state index < -0.39 is 0 Å². The molecule has 100 valence electrons. The van der Waals surface area contributed by atoms with Crippen LogP contribution in [0.2, 0.25) is 0 Å². The van der Waals surface area contributed by atoms with Gasteiger partial charge in [-0.15, -0.1) is 0 Å². The molecular weight excluding hydrogens is 302 g/mol. The molecule has 2 rings (SSSR count). The fraction of sp³-hybridized carbons (Fsp3) is 0.250. The Bertz CT molecular complexity index is 542. The van der Waals surface area contributed by atoms with Crippen LogP contribution < -0.4 is 10.1 Å². The highest BCUT2D eigenvalue weighted by Crippen LogP contribution is 2.24. The van der Waals surface area contributed by atoms with Crippen molar-refractivity contribution in [3.8, 4) is 5.75 Å². The molecule has 0 amide bonds. The Morgan fingerprint density at radius 1 is 1.16 bits per heavy atom. The van der Waals surface area contributed by atoms with Gasteiger partial charge in [-0.25, -0.2) is 0 Å². The minimum atomic E-state index is 0.245. The Labute approximate surface area is 122 Å². The van der Waals surface area contributed by atoms with Gasteiger partial charge in [-0.2, -0.15) is 0 Å². The summed E-state index contributed by atoms with van der Waals surface area (Å²) in [5.41, 5.74) is 2.44. The van der Waals surface area contributed by atoms with E-state index >= 15 is 0 Å². The van der Waals surface area contributed by atoms with Crippen LogP contribution in [0, 0.1) is 0 Å². The highest BCUT2D eigenvalue weighted by molar-refractivity contribution is 9.10. The summed E-state index contributed by atoms with van der Waals surface area (Å²) in [6.45, 7) is 2.98. The SMILES string of the molecule is COc1ccccc1[C@@H](C)NCc1cccc(Br)c1. The monoisotopic (exact) mass is 319 g/mol. The molecule has 0 radical (unpaired) electrons. The second kappa shape index (κ2) is 6.73. The number of benzene rings is 2. The van der Waals surface area contributed by atoms with Gasteiger partial charge in [-0.05, 0) is 30.7 Å². The first-order chi connectivity index (χ1) is 9.20. The van der Waals surface area contributed by atoms with Crippen LogP contribution in [-0.2, 0) is 6.54 Å². The third-order valence-electron chi connectivity index (χ3n) is 3.11. The van der Waals surface area contributed by atoms with Gasteiger partial charge in [-0.1, -0.05) is 46.3 Å². The highest BCUT2D eigenvalue weighted by Gasteiger charge is 2.09. The predicted molar refractivity (Wildman–Crippen MR) is 82.4 cm³/mol. The lowest BCUT2D eigenvalue weighted by molar-refractivity contribution is 0.401. The van der Waals surface area contributed by atoms with Gasteiger partial charge in [0.05, 0.1) is 7.11 Å².